The van der Waals surface area contributed by atoms with Crippen LogP contribution in [0.4, 0.5) is 0 Å². The zero-order valence-corrected chi connectivity index (χ0v) is 14.9. The van der Waals surface area contributed by atoms with Gasteiger partial charge in [-0.05, 0) is 42.2 Å². The molecule has 0 radical (unpaired) electrons. The van der Waals surface area contributed by atoms with Crippen molar-refractivity contribution in [1.82, 2.24) is 4.57 Å². The summed E-state index contributed by atoms with van der Waals surface area (Å²) in [4.78, 5) is 11.7. The number of hydrogen-bond acceptors (Lipinski definition) is 3. The molecule has 1 N–H and O–H groups in total. The minimum atomic E-state index is -0.169. The molecule has 0 amide bonds. The van der Waals surface area contributed by atoms with Crippen molar-refractivity contribution in [2.45, 2.75) is 26.3 Å². The van der Waals surface area contributed by atoms with E-state index in [4.69, 9.17) is 4.74 Å². The molecule has 0 aliphatic rings. The Kier molecular flexibility index (Phi) is 5.74. The molecule has 0 atom stereocenters. The zero-order chi connectivity index (χ0) is 18.4. The number of hydrogen-bond donors (Lipinski definition) is 1. The van der Waals surface area contributed by atoms with Crippen molar-refractivity contribution in [3.8, 4) is 16.9 Å². The Bertz CT molecular complexity index is 851. The molecule has 26 heavy (non-hydrogen) atoms. The van der Waals surface area contributed by atoms with Gasteiger partial charge in [0.25, 0.3) is 0 Å². The van der Waals surface area contributed by atoms with Crippen LogP contribution in [-0.4, -0.2) is 22.2 Å². The standard InChI is InChI=1S/C22H23NO3/c1-2-26-22(25)13-10-19-15-23(14-17-8-11-20(24)12-9-17)16-21(19)18-6-4-3-5-7-18/h3-9,11-12,15-16,24H,2,10,13-14H2,1H3. The highest BCUT2D eigenvalue weighted by Crippen LogP contribution is 2.26. The molecule has 0 aliphatic carbocycles. The summed E-state index contributed by atoms with van der Waals surface area (Å²) < 4.78 is 7.17. The molecule has 134 valence electrons. The molecule has 0 saturated carbocycles. The third kappa shape index (κ3) is 4.54. The Morgan fingerprint density at radius 1 is 1.04 bits per heavy atom. The van der Waals surface area contributed by atoms with E-state index in [1.165, 1.54) is 0 Å². The van der Waals surface area contributed by atoms with E-state index in [0.29, 0.717) is 26.0 Å². The van der Waals surface area contributed by atoms with Gasteiger partial charge in [-0.3, -0.25) is 4.79 Å². The first kappa shape index (κ1) is 17.8. The van der Waals surface area contributed by atoms with Crippen LogP contribution in [0.15, 0.2) is 67.0 Å². The van der Waals surface area contributed by atoms with Crippen molar-refractivity contribution in [3.63, 3.8) is 0 Å². The van der Waals surface area contributed by atoms with E-state index >= 15 is 0 Å². The number of rotatable bonds is 7. The lowest BCUT2D eigenvalue weighted by atomic mass is 10.0. The molecule has 2 aromatic carbocycles. The molecule has 0 unspecified atom stereocenters. The first-order chi connectivity index (χ1) is 12.7. The van der Waals surface area contributed by atoms with Crippen LogP contribution in [0.3, 0.4) is 0 Å². The fraction of sp³-hybridized carbons (Fsp3) is 0.227. The molecule has 0 aliphatic heterocycles. The van der Waals surface area contributed by atoms with Gasteiger partial charge in [0.15, 0.2) is 0 Å². The van der Waals surface area contributed by atoms with Crippen molar-refractivity contribution in [3.05, 3.63) is 78.1 Å². The molecule has 1 aromatic heterocycles. The lowest BCUT2D eigenvalue weighted by molar-refractivity contribution is -0.143. The third-order valence-corrected chi connectivity index (χ3v) is 4.25. The fourth-order valence-electron chi connectivity index (χ4n) is 3.01. The minimum absolute atomic E-state index is 0.169. The number of phenolic OH excluding ortho intramolecular Hbond substituents is 1. The number of aryl methyl sites for hydroxylation is 1. The van der Waals surface area contributed by atoms with Crippen molar-refractivity contribution in [2.24, 2.45) is 0 Å². The van der Waals surface area contributed by atoms with E-state index in [2.05, 4.69) is 29.1 Å². The zero-order valence-electron chi connectivity index (χ0n) is 14.9. The molecule has 3 rings (SSSR count). The Labute approximate surface area is 153 Å². The maximum atomic E-state index is 11.7. The number of aromatic nitrogens is 1. The highest BCUT2D eigenvalue weighted by molar-refractivity contribution is 5.72. The Morgan fingerprint density at radius 2 is 1.77 bits per heavy atom. The summed E-state index contributed by atoms with van der Waals surface area (Å²) in [6, 6.07) is 17.4. The number of benzene rings is 2. The highest BCUT2D eigenvalue weighted by atomic mass is 16.5. The monoisotopic (exact) mass is 349 g/mol. The van der Waals surface area contributed by atoms with Crippen LogP contribution >= 0.6 is 0 Å². The van der Waals surface area contributed by atoms with Gasteiger partial charge in [-0.15, -0.1) is 0 Å². The topological polar surface area (TPSA) is 51.5 Å². The van der Waals surface area contributed by atoms with Gasteiger partial charge >= 0.3 is 5.97 Å². The second kappa shape index (κ2) is 8.39. The SMILES string of the molecule is CCOC(=O)CCc1cn(Cc2ccc(O)cc2)cc1-c1ccccc1. The van der Waals surface area contributed by atoms with Gasteiger partial charge in [0, 0.05) is 30.9 Å². The Hall–Kier alpha value is -3.01. The summed E-state index contributed by atoms with van der Waals surface area (Å²) in [6.45, 7) is 2.94. The number of carbonyl (C=O) groups is 1. The molecule has 0 fully saturated rings. The summed E-state index contributed by atoms with van der Waals surface area (Å²) in [5, 5.41) is 9.43. The molecule has 1 heterocycles. The summed E-state index contributed by atoms with van der Waals surface area (Å²) in [5.41, 5.74) is 4.50. The van der Waals surface area contributed by atoms with Gasteiger partial charge in [0.05, 0.1) is 6.61 Å². The lowest BCUT2D eigenvalue weighted by Crippen LogP contribution is -2.05. The van der Waals surface area contributed by atoms with E-state index < -0.39 is 0 Å². The summed E-state index contributed by atoms with van der Waals surface area (Å²) in [7, 11) is 0. The predicted molar refractivity (Wildman–Crippen MR) is 102 cm³/mol. The molecule has 0 bridgehead atoms. The number of nitrogens with zero attached hydrogens (tertiary/aromatic N) is 1. The number of carbonyl (C=O) groups excluding carboxylic acids is 1. The van der Waals surface area contributed by atoms with E-state index in [1.54, 1.807) is 12.1 Å². The number of ether oxygens (including phenoxy) is 1. The predicted octanol–water partition coefficient (Wildman–Crippen LogP) is 4.40. The van der Waals surface area contributed by atoms with Crippen LogP contribution in [0.2, 0.25) is 0 Å². The number of phenols is 1. The van der Waals surface area contributed by atoms with Crippen molar-refractivity contribution < 1.29 is 14.6 Å². The lowest BCUT2D eigenvalue weighted by Gasteiger charge is -2.04. The summed E-state index contributed by atoms with van der Waals surface area (Å²) in [6.07, 6.45) is 5.22. The quantitative estimate of drug-likeness (QED) is 0.643. The van der Waals surface area contributed by atoms with E-state index in [0.717, 1.165) is 22.3 Å². The average molecular weight is 349 g/mol. The Balaban J connectivity index is 1.84. The van der Waals surface area contributed by atoms with Gasteiger partial charge in [0.1, 0.15) is 5.75 Å². The van der Waals surface area contributed by atoms with E-state index in [-0.39, 0.29) is 11.7 Å². The maximum absolute atomic E-state index is 11.7. The summed E-state index contributed by atoms with van der Waals surface area (Å²) in [5.74, 6) is 0.0964. The molecule has 4 nitrogen and oxygen atoms in total. The first-order valence-electron chi connectivity index (χ1n) is 8.83. The van der Waals surface area contributed by atoms with Gasteiger partial charge < -0.3 is 14.4 Å². The molecule has 3 aromatic rings. The summed E-state index contributed by atoms with van der Waals surface area (Å²) >= 11 is 0. The maximum Gasteiger partial charge on any atom is 0.306 e. The molecule has 0 spiro atoms. The highest BCUT2D eigenvalue weighted by Gasteiger charge is 2.12. The molecular formula is C22H23NO3. The van der Waals surface area contributed by atoms with Crippen molar-refractivity contribution >= 4 is 5.97 Å². The molecule has 4 heteroatoms. The van der Waals surface area contributed by atoms with Gasteiger partial charge in [-0.1, -0.05) is 42.5 Å². The second-order valence-electron chi connectivity index (χ2n) is 6.21. The van der Waals surface area contributed by atoms with E-state index in [9.17, 15) is 9.90 Å². The fourth-order valence-corrected chi connectivity index (χ4v) is 3.01. The van der Waals surface area contributed by atoms with Gasteiger partial charge in [-0.25, -0.2) is 0 Å². The number of aromatic hydroxyl groups is 1. The normalized spacial score (nSPS) is 10.7. The van der Waals surface area contributed by atoms with Crippen molar-refractivity contribution in [1.29, 1.82) is 0 Å². The average Bonchev–Trinajstić information content (AvgIpc) is 3.06. The van der Waals surface area contributed by atoms with E-state index in [1.807, 2.05) is 37.3 Å². The van der Waals surface area contributed by atoms with Crippen LogP contribution in [0, 0.1) is 0 Å². The van der Waals surface area contributed by atoms with Crippen molar-refractivity contribution in [2.75, 3.05) is 6.61 Å². The minimum Gasteiger partial charge on any atom is -0.508 e. The van der Waals surface area contributed by atoms with Crippen LogP contribution in [0.25, 0.3) is 11.1 Å². The third-order valence-electron chi connectivity index (χ3n) is 4.25. The Morgan fingerprint density at radius 3 is 2.46 bits per heavy atom. The van der Waals surface area contributed by atoms with Crippen LogP contribution < -0.4 is 0 Å². The smallest absolute Gasteiger partial charge is 0.306 e. The van der Waals surface area contributed by atoms with Crippen LogP contribution in [-0.2, 0) is 22.5 Å². The molecular weight excluding hydrogens is 326 g/mol. The van der Waals surface area contributed by atoms with Gasteiger partial charge in [-0.2, -0.15) is 0 Å². The molecule has 0 saturated heterocycles. The van der Waals surface area contributed by atoms with Gasteiger partial charge in [0.2, 0.25) is 0 Å². The number of esters is 1. The largest absolute Gasteiger partial charge is 0.508 e. The van der Waals surface area contributed by atoms with Crippen LogP contribution in [0.5, 0.6) is 5.75 Å². The van der Waals surface area contributed by atoms with Crippen LogP contribution in [0.1, 0.15) is 24.5 Å². The second-order valence-corrected chi connectivity index (χ2v) is 6.21. The first-order valence-corrected chi connectivity index (χ1v) is 8.83.